The highest BCUT2D eigenvalue weighted by Crippen LogP contribution is 2.46. The van der Waals surface area contributed by atoms with Gasteiger partial charge in [0.1, 0.15) is 0 Å². The van der Waals surface area contributed by atoms with Gasteiger partial charge in [0, 0.05) is 12.0 Å². The van der Waals surface area contributed by atoms with Crippen molar-refractivity contribution in [2.24, 2.45) is 11.3 Å². The van der Waals surface area contributed by atoms with Crippen LogP contribution >= 0.6 is 0 Å². The SMILES string of the molecule is CC1(C)CNCCC1(O)CC1CC1. The van der Waals surface area contributed by atoms with Gasteiger partial charge in [-0.15, -0.1) is 0 Å². The van der Waals surface area contributed by atoms with Crippen molar-refractivity contribution in [2.45, 2.75) is 45.1 Å². The highest BCUT2D eigenvalue weighted by Gasteiger charge is 2.47. The number of nitrogens with one attached hydrogen (secondary N) is 1. The third-order valence-corrected chi connectivity index (χ3v) is 3.87. The van der Waals surface area contributed by atoms with E-state index in [0.29, 0.717) is 0 Å². The van der Waals surface area contributed by atoms with Crippen molar-refractivity contribution in [3.63, 3.8) is 0 Å². The van der Waals surface area contributed by atoms with E-state index in [1.807, 2.05) is 0 Å². The largest absolute Gasteiger partial charge is 0.389 e. The molecule has 2 N–H and O–H groups in total. The van der Waals surface area contributed by atoms with Crippen LogP contribution in [0.15, 0.2) is 0 Å². The molecule has 1 saturated heterocycles. The minimum Gasteiger partial charge on any atom is -0.389 e. The molecule has 2 fully saturated rings. The maximum atomic E-state index is 10.6. The molecular weight excluding hydrogens is 162 g/mol. The van der Waals surface area contributed by atoms with E-state index >= 15 is 0 Å². The van der Waals surface area contributed by atoms with Crippen LogP contribution in [0.1, 0.15) is 39.5 Å². The second-order valence-corrected chi connectivity index (χ2v) is 5.49. The van der Waals surface area contributed by atoms with Crippen LogP contribution in [0.25, 0.3) is 0 Å². The monoisotopic (exact) mass is 183 g/mol. The summed E-state index contributed by atoms with van der Waals surface area (Å²) in [5.41, 5.74) is -0.354. The molecule has 1 aliphatic heterocycles. The van der Waals surface area contributed by atoms with Gasteiger partial charge in [0.15, 0.2) is 0 Å². The maximum absolute atomic E-state index is 10.6. The van der Waals surface area contributed by atoms with Crippen molar-refractivity contribution in [3.05, 3.63) is 0 Å². The first kappa shape index (κ1) is 9.47. The van der Waals surface area contributed by atoms with Crippen LogP contribution in [0.4, 0.5) is 0 Å². The summed E-state index contributed by atoms with van der Waals surface area (Å²) in [7, 11) is 0. The first-order chi connectivity index (χ1) is 6.04. The zero-order valence-electron chi connectivity index (χ0n) is 8.77. The van der Waals surface area contributed by atoms with Gasteiger partial charge >= 0.3 is 0 Å². The van der Waals surface area contributed by atoms with Crippen molar-refractivity contribution in [3.8, 4) is 0 Å². The van der Waals surface area contributed by atoms with Crippen molar-refractivity contribution in [1.29, 1.82) is 0 Å². The van der Waals surface area contributed by atoms with Gasteiger partial charge in [-0.05, 0) is 25.3 Å². The summed E-state index contributed by atoms with van der Waals surface area (Å²) >= 11 is 0. The molecule has 0 amide bonds. The Bertz CT molecular complexity index is 198. The fourth-order valence-corrected chi connectivity index (χ4v) is 2.38. The topological polar surface area (TPSA) is 32.3 Å². The molecule has 0 spiro atoms. The minimum absolute atomic E-state index is 0.0494. The van der Waals surface area contributed by atoms with E-state index in [1.165, 1.54) is 12.8 Å². The molecule has 1 heterocycles. The van der Waals surface area contributed by atoms with Crippen molar-refractivity contribution >= 4 is 0 Å². The summed E-state index contributed by atoms with van der Waals surface area (Å²) in [6, 6.07) is 0. The molecule has 0 bridgehead atoms. The fourth-order valence-electron chi connectivity index (χ4n) is 2.38. The molecule has 0 aromatic rings. The summed E-state index contributed by atoms with van der Waals surface area (Å²) in [6.45, 7) is 6.30. The van der Waals surface area contributed by atoms with Gasteiger partial charge in [-0.25, -0.2) is 0 Å². The van der Waals surface area contributed by atoms with Gasteiger partial charge in [0.2, 0.25) is 0 Å². The minimum atomic E-state index is -0.403. The van der Waals surface area contributed by atoms with Gasteiger partial charge < -0.3 is 10.4 Å². The summed E-state index contributed by atoms with van der Waals surface area (Å²) in [5, 5.41) is 13.9. The number of aliphatic hydroxyl groups is 1. The molecule has 1 atom stereocenters. The predicted molar refractivity (Wildman–Crippen MR) is 53.6 cm³/mol. The average Bonchev–Trinajstić information content (AvgIpc) is 2.80. The van der Waals surface area contributed by atoms with Gasteiger partial charge in [0.25, 0.3) is 0 Å². The lowest BCUT2D eigenvalue weighted by Gasteiger charge is -2.47. The summed E-state index contributed by atoms with van der Waals surface area (Å²) in [5.74, 6) is 0.822. The second kappa shape index (κ2) is 2.96. The van der Waals surface area contributed by atoms with Crippen molar-refractivity contribution in [1.82, 2.24) is 5.32 Å². The highest BCUT2D eigenvalue weighted by molar-refractivity contribution is 5.00. The van der Waals surface area contributed by atoms with Crippen molar-refractivity contribution < 1.29 is 5.11 Å². The third kappa shape index (κ3) is 1.75. The van der Waals surface area contributed by atoms with Crippen molar-refractivity contribution in [2.75, 3.05) is 13.1 Å². The Morgan fingerprint density at radius 1 is 1.38 bits per heavy atom. The standard InChI is InChI=1S/C11H21NO/c1-10(2)8-12-6-5-11(10,13)7-9-3-4-9/h9,12-13H,3-8H2,1-2H3. The molecule has 0 aromatic carbocycles. The smallest absolute Gasteiger partial charge is 0.0725 e. The summed E-state index contributed by atoms with van der Waals surface area (Å²) in [4.78, 5) is 0. The van der Waals surface area contributed by atoms with Crippen LogP contribution in [-0.2, 0) is 0 Å². The van der Waals surface area contributed by atoms with Crippen LogP contribution in [0.5, 0.6) is 0 Å². The molecule has 1 unspecified atom stereocenters. The van der Waals surface area contributed by atoms with Crippen LogP contribution in [0.3, 0.4) is 0 Å². The number of hydrogen-bond donors (Lipinski definition) is 2. The summed E-state index contributed by atoms with van der Waals surface area (Å²) in [6.07, 6.45) is 4.63. The second-order valence-electron chi connectivity index (χ2n) is 5.49. The van der Waals surface area contributed by atoms with E-state index in [1.54, 1.807) is 0 Å². The van der Waals surface area contributed by atoms with E-state index in [-0.39, 0.29) is 5.41 Å². The molecular formula is C11H21NO. The van der Waals surface area contributed by atoms with E-state index < -0.39 is 5.60 Å². The molecule has 2 heteroatoms. The van der Waals surface area contributed by atoms with Crippen LogP contribution < -0.4 is 5.32 Å². The molecule has 2 aliphatic rings. The van der Waals surface area contributed by atoms with Gasteiger partial charge in [-0.2, -0.15) is 0 Å². The fraction of sp³-hybridized carbons (Fsp3) is 1.00. The number of piperidine rings is 1. The maximum Gasteiger partial charge on any atom is 0.0725 e. The molecule has 1 saturated carbocycles. The zero-order chi connectivity index (χ0) is 9.53. The summed E-state index contributed by atoms with van der Waals surface area (Å²) < 4.78 is 0. The quantitative estimate of drug-likeness (QED) is 0.680. The third-order valence-electron chi connectivity index (χ3n) is 3.87. The molecule has 0 radical (unpaired) electrons. The Morgan fingerprint density at radius 3 is 2.62 bits per heavy atom. The lowest BCUT2D eigenvalue weighted by atomic mass is 9.68. The van der Waals surface area contributed by atoms with Crippen LogP contribution in [0.2, 0.25) is 0 Å². The first-order valence-corrected chi connectivity index (χ1v) is 5.47. The van der Waals surface area contributed by atoms with E-state index in [9.17, 15) is 5.11 Å². The van der Waals surface area contributed by atoms with Gasteiger partial charge in [-0.1, -0.05) is 26.7 Å². The average molecular weight is 183 g/mol. The molecule has 2 rings (SSSR count). The van der Waals surface area contributed by atoms with Crippen LogP contribution in [-0.4, -0.2) is 23.8 Å². The Balaban J connectivity index is 2.06. The molecule has 0 aromatic heterocycles. The molecule has 76 valence electrons. The Labute approximate surface area is 80.7 Å². The van der Waals surface area contributed by atoms with E-state index in [2.05, 4.69) is 19.2 Å². The molecule has 13 heavy (non-hydrogen) atoms. The Kier molecular flexibility index (Phi) is 2.16. The highest BCUT2D eigenvalue weighted by atomic mass is 16.3. The normalized spacial score (nSPS) is 39.0. The number of rotatable bonds is 2. The molecule has 2 nitrogen and oxygen atoms in total. The Hall–Kier alpha value is -0.0800. The molecule has 1 aliphatic carbocycles. The zero-order valence-corrected chi connectivity index (χ0v) is 8.77. The van der Waals surface area contributed by atoms with Crippen LogP contribution in [0, 0.1) is 11.3 Å². The lowest BCUT2D eigenvalue weighted by Crippen LogP contribution is -2.56. The van der Waals surface area contributed by atoms with E-state index in [4.69, 9.17) is 0 Å². The predicted octanol–water partition coefficient (Wildman–Crippen LogP) is 1.54. The number of hydrogen-bond acceptors (Lipinski definition) is 2. The Morgan fingerprint density at radius 2 is 2.08 bits per heavy atom. The van der Waals surface area contributed by atoms with Gasteiger partial charge in [-0.3, -0.25) is 0 Å². The van der Waals surface area contributed by atoms with E-state index in [0.717, 1.165) is 31.8 Å². The van der Waals surface area contributed by atoms with Gasteiger partial charge in [0.05, 0.1) is 5.60 Å². The first-order valence-electron chi connectivity index (χ1n) is 5.47. The lowest BCUT2D eigenvalue weighted by molar-refractivity contribution is -0.0969.